The summed E-state index contributed by atoms with van der Waals surface area (Å²) >= 11 is 0. The Labute approximate surface area is 169 Å². The number of sulfonamides is 1. The Morgan fingerprint density at radius 3 is 2.55 bits per heavy atom. The van der Waals surface area contributed by atoms with Gasteiger partial charge in [-0.2, -0.15) is 0 Å². The van der Waals surface area contributed by atoms with Gasteiger partial charge in [-0.25, -0.2) is 12.8 Å². The molecule has 0 aliphatic carbocycles. The van der Waals surface area contributed by atoms with Crippen LogP contribution in [0.15, 0.2) is 47.4 Å². The van der Waals surface area contributed by atoms with Gasteiger partial charge in [-0.1, -0.05) is 6.07 Å². The number of fused-ring (bicyclic) bond motifs is 1. The summed E-state index contributed by atoms with van der Waals surface area (Å²) in [4.78, 5) is 12.3. The van der Waals surface area contributed by atoms with E-state index in [1.54, 1.807) is 25.1 Å². The molecule has 1 aliphatic heterocycles. The quantitative estimate of drug-likeness (QED) is 0.660. The van der Waals surface area contributed by atoms with Crippen LogP contribution in [-0.4, -0.2) is 33.0 Å². The predicted molar refractivity (Wildman–Crippen MR) is 111 cm³/mol. The van der Waals surface area contributed by atoms with Gasteiger partial charge in [0, 0.05) is 18.3 Å². The van der Waals surface area contributed by atoms with Crippen LogP contribution in [0.2, 0.25) is 0 Å². The predicted octanol–water partition coefficient (Wildman–Crippen LogP) is 1.97. The average Bonchev–Trinajstić information content (AvgIpc) is 2.67. The number of nitrogens with two attached hydrogens (primary N) is 2. The summed E-state index contributed by atoms with van der Waals surface area (Å²) in [6, 6.07) is 8.92. The normalized spacial score (nSPS) is 16.1. The first-order valence-electron chi connectivity index (χ1n) is 9.42. The van der Waals surface area contributed by atoms with Crippen molar-refractivity contribution in [2.75, 3.05) is 16.2 Å². The van der Waals surface area contributed by atoms with Gasteiger partial charge in [-0.15, -0.1) is 0 Å². The number of halogens is 1. The summed E-state index contributed by atoms with van der Waals surface area (Å²) < 4.78 is 40.7. The van der Waals surface area contributed by atoms with Gasteiger partial charge in [0.05, 0.1) is 16.6 Å². The van der Waals surface area contributed by atoms with E-state index in [4.69, 9.17) is 11.5 Å². The topological polar surface area (TPSA) is 119 Å². The molecule has 7 nitrogen and oxygen atoms in total. The smallest absolute Gasteiger partial charge is 0.264 e. The zero-order valence-corrected chi connectivity index (χ0v) is 17.0. The second-order valence-electron chi connectivity index (χ2n) is 7.29. The highest BCUT2D eigenvalue weighted by Crippen LogP contribution is 2.34. The summed E-state index contributed by atoms with van der Waals surface area (Å²) in [6.07, 6.45) is 1.73. The van der Waals surface area contributed by atoms with Crippen molar-refractivity contribution in [3.8, 4) is 0 Å². The second kappa shape index (κ2) is 8.48. The fourth-order valence-corrected chi connectivity index (χ4v) is 4.88. The van der Waals surface area contributed by atoms with Crippen LogP contribution in [-0.2, 0) is 21.2 Å². The first-order chi connectivity index (χ1) is 13.7. The van der Waals surface area contributed by atoms with Crippen molar-refractivity contribution in [1.82, 2.24) is 0 Å². The molecule has 0 radical (unpaired) electrons. The minimum atomic E-state index is -3.86. The standard InChI is InChI=1S/C20H25FN4O3S/c1-13(22)11-18(23)20(26)24-16-7-4-14-3-2-10-25(19(14)12-16)29(27,28)17-8-5-15(21)6-9-17/h4-9,12-13,18H,2-3,10-11,22-23H2,1H3,(H,24,26). The minimum Gasteiger partial charge on any atom is -0.328 e. The van der Waals surface area contributed by atoms with Crippen LogP contribution in [0.5, 0.6) is 0 Å². The minimum absolute atomic E-state index is 0.0140. The molecule has 2 unspecified atom stereocenters. The van der Waals surface area contributed by atoms with Gasteiger partial charge in [0.25, 0.3) is 10.0 Å². The summed E-state index contributed by atoms with van der Waals surface area (Å²) in [7, 11) is -3.86. The Hall–Kier alpha value is -2.49. The second-order valence-corrected chi connectivity index (χ2v) is 9.15. The number of aryl methyl sites for hydroxylation is 1. The lowest BCUT2D eigenvalue weighted by molar-refractivity contribution is -0.117. The molecule has 2 aromatic rings. The van der Waals surface area contributed by atoms with Crippen molar-refractivity contribution in [2.45, 2.75) is 43.2 Å². The van der Waals surface area contributed by atoms with E-state index in [1.165, 1.54) is 16.4 Å². The third-order valence-corrected chi connectivity index (χ3v) is 6.62. The van der Waals surface area contributed by atoms with Crippen LogP contribution >= 0.6 is 0 Å². The largest absolute Gasteiger partial charge is 0.328 e. The first-order valence-corrected chi connectivity index (χ1v) is 10.9. The van der Waals surface area contributed by atoms with Crippen molar-refractivity contribution in [1.29, 1.82) is 0 Å². The van der Waals surface area contributed by atoms with Crippen LogP contribution < -0.4 is 21.1 Å². The number of rotatable bonds is 6. The van der Waals surface area contributed by atoms with Crippen LogP contribution in [0.25, 0.3) is 0 Å². The summed E-state index contributed by atoms with van der Waals surface area (Å²) in [6.45, 7) is 2.07. The number of nitrogens with zero attached hydrogens (tertiary/aromatic N) is 1. The molecule has 0 saturated heterocycles. The molecule has 29 heavy (non-hydrogen) atoms. The zero-order valence-electron chi connectivity index (χ0n) is 16.1. The van der Waals surface area contributed by atoms with E-state index >= 15 is 0 Å². The Morgan fingerprint density at radius 1 is 1.21 bits per heavy atom. The van der Waals surface area contributed by atoms with E-state index in [9.17, 15) is 17.6 Å². The van der Waals surface area contributed by atoms with Gasteiger partial charge in [0.15, 0.2) is 0 Å². The molecule has 0 aromatic heterocycles. The zero-order chi connectivity index (χ0) is 21.2. The van der Waals surface area contributed by atoms with Crippen molar-refractivity contribution in [2.24, 2.45) is 11.5 Å². The molecule has 0 saturated carbocycles. The number of carbonyl (C=O) groups excluding carboxylic acids is 1. The molecule has 1 aliphatic rings. The Kier molecular flexibility index (Phi) is 6.21. The fourth-order valence-electron chi connectivity index (χ4n) is 3.34. The molecule has 3 rings (SSSR count). The number of hydrogen-bond acceptors (Lipinski definition) is 5. The number of carbonyl (C=O) groups is 1. The highest BCUT2D eigenvalue weighted by atomic mass is 32.2. The van der Waals surface area contributed by atoms with Crippen LogP contribution in [0.3, 0.4) is 0 Å². The maximum absolute atomic E-state index is 13.2. The molecular formula is C20H25FN4O3S. The van der Waals surface area contributed by atoms with Gasteiger partial charge in [-0.3, -0.25) is 9.10 Å². The Balaban J connectivity index is 1.89. The van der Waals surface area contributed by atoms with Gasteiger partial charge in [-0.05, 0) is 68.1 Å². The molecular weight excluding hydrogens is 395 g/mol. The Bertz CT molecular complexity index is 993. The summed E-state index contributed by atoms with van der Waals surface area (Å²) in [5, 5.41) is 2.73. The SMILES string of the molecule is CC(N)CC(N)C(=O)Nc1ccc2c(c1)N(S(=O)(=O)c1ccc(F)cc1)CCC2. The van der Waals surface area contributed by atoms with Gasteiger partial charge >= 0.3 is 0 Å². The van der Waals surface area contributed by atoms with Crippen LogP contribution in [0.1, 0.15) is 25.3 Å². The molecule has 9 heteroatoms. The van der Waals surface area contributed by atoms with E-state index in [1.807, 2.05) is 0 Å². The van der Waals surface area contributed by atoms with E-state index in [0.29, 0.717) is 30.8 Å². The van der Waals surface area contributed by atoms with Crippen LogP contribution in [0.4, 0.5) is 15.8 Å². The number of hydrogen-bond donors (Lipinski definition) is 3. The van der Waals surface area contributed by atoms with E-state index in [-0.39, 0.29) is 16.8 Å². The highest BCUT2D eigenvalue weighted by Gasteiger charge is 2.29. The maximum Gasteiger partial charge on any atom is 0.264 e. The average molecular weight is 421 g/mol. The van der Waals surface area contributed by atoms with Gasteiger partial charge < -0.3 is 16.8 Å². The van der Waals surface area contributed by atoms with Crippen molar-refractivity contribution >= 4 is 27.3 Å². The lowest BCUT2D eigenvalue weighted by Gasteiger charge is -2.31. The number of nitrogens with one attached hydrogen (secondary N) is 1. The molecule has 5 N–H and O–H groups in total. The monoisotopic (exact) mass is 420 g/mol. The summed E-state index contributed by atoms with van der Waals surface area (Å²) in [5.41, 5.74) is 13.4. The van der Waals surface area contributed by atoms with E-state index < -0.39 is 21.9 Å². The van der Waals surface area contributed by atoms with Crippen LogP contribution in [0, 0.1) is 5.82 Å². The lowest BCUT2D eigenvalue weighted by Crippen LogP contribution is -2.40. The van der Waals surface area contributed by atoms with Gasteiger partial charge in [0.1, 0.15) is 5.82 Å². The highest BCUT2D eigenvalue weighted by molar-refractivity contribution is 7.92. The number of benzene rings is 2. The van der Waals surface area contributed by atoms with Crippen molar-refractivity contribution < 1.29 is 17.6 Å². The van der Waals surface area contributed by atoms with E-state index in [0.717, 1.165) is 24.1 Å². The Morgan fingerprint density at radius 2 is 1.90 bits per heavy atom. The molecule has 0 spiro atoms. The molecule has 2 aromatic carbocycles. The lowest BCUT2D eigenvalue weighted by atomic mass is 10.0. The number of anilines is 2. The summed E-state index contributed by atoms with van der Waals surface area (Å²) in [5.74, 6) is -0.887. The van der Waals surface area contributed by atoms with Crippen molar-refractivity contribution in [3.63, 3.8) is 0 Å². The third-order valence-electron chi connectivity index (χ3n) is 4.79. The maximum atomic E-state index is 13.2. The van der Waals surface area contributed by atoms with E-state index in [2.05, 4.69) is 5.32 Å². The molecule has 1 heterocycles. The first kappa shape index (κ1) is 21.2. The molecule has 156 valence electrons. The fraction of sp³-hybridized carbons (Fsp3) is 0.350. The van der Waals surface area contributed by atoms with Gasteiger partial charge in [0.2, 0.25) is 5.91 Å². The molecule has 1 amide bonds. The molecule has 0 fully saturated rings. The third kappa shape index (κ3) is 4.75. The van der Waals surface area contributed by atoms with Crippen molar-refractivity contribution in [3.05, 3.63) is 53.8 Å². The molecule has 2 atom stereocenters. The molecule has 0 bridgehead atoms. The number of amides is 1.